The fourth-order valence-electron chi connectivity index (χ4n) is 2.63. The van der Waals surface area contributed by atoms with E-state index in [-0.39, 0.29) is 5.91 Å². The van der Waals surface area contributed by atoms with Crippen molar-refractivity contribution in [3.05, 3.63) is 76.2 Å². The Morgan fingerprint density at radius 3 is 2.54 bits per heavy atom. The van der Waals surface area contributed by atoms with E-state index in [4.69, 9.17) is 16.3 Å². The van der Waals surface area contributed by atoms with Crippen LogP contribution in [0, 0.1) is 13.8 Å². The molecule has 0 saturated carbocycles. The molecule has 1 heterocycles. The predicted octanol–water partition coefficient (Wildman–Crippen LogP) is 4.43. The van der Waals surface area contributed by atoms with Gasteiger partial charge in [-0.15, -0.1) is 0 Å². The highest BCUT2D eigenvalue weighted by Crippen LogP contribution is 2.23. The summed E-state index contributed by atoms with van der Waals surface area (Å²) in [7, 11) is 1.62. The summed E-state index contributed by atoms with van der Waals surface area (Å²) in [5.41, 5.74) is 3.11. The number of anilines is 2. The van der Waals surface area contributed by atoms with Crippen LogP contribution in [0.3, 0.4) is 0 Å². The van der Waals surface area contributed by atoms with Gasteiger partial charge in [-0.1, -0.05) is 29.8 Å². The summed E-state index contributed by atoms with van der Waals surface area (Å²) in [6, 6.07) is 14.7. The molecular weight excluding hydrogens is 376 g/mol. The number of hydrogen-bond donors (Lipinski definition) is 2. The lowest BCUT2D eigenvalue weighted by Gasteiger charge is -2.11. The summed E-state index contributed by atoms with van der Waals surface area (Å²) >= 11 is 6.07. The van der Waals surface area contributed by atoms with Crippen molar-refractivity contribution in [3.8, 4) is 5.75 Å². The predicted molar refractivity (Wildman–Crippen MR) is 110 cm³/mol. The number of aromatic nitrogens is 2. The van der Waals surface area contributed by atoms with Crippen LogP contribution in [0.25, 0.3) is 0 Å². The summed E-state index contributed by atoms with van der Waals surface area (Å²) in [4.78, 5) is 21.2. The van der Waals surface area contributed by atoms with Crippen molar-refractivity contribution in [2.45, 2.75) is 20.4 Å². The Balaban J connectivity index is 1.72. The summed E-state index contributed by atoms with van der Waals surface area (Å²) in [5, 5.41) is 6.70. The van der Waals surface area contributed by atoms with Gasteiger partial charge in [0, 0.05) is 23.3 Å². The molecule has 28 heavy (non-hydrogen) atoms. The molecule has 0 aliphatic rings. The minimum atomic E-state index is -0.271. The maximum atomic E-state index is 12.5. The summed E-state index contributed by atoms with van der Waals surface area (Å²) in [6.45, 7) is 4.10. The normalized spacial score (nSPS) is 10.4. The van der Waals surface area contributed by atoms with E-state index in [0.29, 0.717) is 28.9 Å². The molecule has 144 valence electrons. The van der Waals surface area contributed by atoms with Gasteiger partial charge in [-0.05, 0) is 49.2 Å². The smallest absolute Gasteiger partial charge is 0.270 e. The first-order valence-corrected chi connectivity index (χ1v) is 9.12. The van der Waals surface area contributed by atoms with Crippen molar-refractivity contribution in [2.24, 2.45) is 0 Å². The van der Waals surface area contributed by atoms with Gasteiger partial charge in [-0.25, -0.2) is 9.97 Å². The van der Waals surface area contributed by atoms with Gasteiger partial charge in [0.05, 0.1) is 7.11 Å². The molecule has 1 amide bonds. The zero-order chi connectivity index (χ0) is 20.1. The van der Waals surface area contributed by atoms with Crippen LogP contribution in [0.2, 0.25) is 5.02 Å². The molecule has 0 aliphatic heterocycles. The quantitative estimate of drug-likeness (QED) is 0.644. The fraction of sp³-hybridized carbons (Fsp3) is 0.190. The van der Waals surface area contributed by atoms with Crippen LogP contribution < -0.4 is 15.4 Å². The first-order chi connectivity index (χ1) is 13.4. The molecule has 6 nitrogen and oxygen atoms in total. The van der Waals surface area contributed by atoms with Gasteiger partial charge in [-0.2, -0.15) is 0 Å². The van der Waals surface area contributed by atoms with E-state index in [0.717, 1.165) is 22.6 Å². The molecule has 0 fully saturated rings. The number of amides is 1. The van der Waals surface area contributed by atoms with Crippen molar-refractivity contribution in [2.75, 3.05) is 12.4 Å². The molecule has 2 aromatic carbocycles. The van der Waals surface area contributed by atoms with Crippen molar-refractivity contribution in [1.82, 2.24) is 15.3 Å². The summed E-state index contributed by atoms with van der Waals surface area (Å²) in [5.74, 6) is 1.53. The number of methoxy groups -OCH3 is 1. The van der Waals surface area contributed by atoms with Crippen molar-refractivity contribution < 1.29 is 9.53 Å². The molecule has 2 N–H and O–H groups in total. The monoisotopic (exact) mass is 396 g/mol. The number of hydrogen-bond acceptors (Lipinski definition) is 5. The molecule has 3 aromatic rings. The maximum absolute atomic E-state index is 12.5. The Hall–Kier alpha value is -3.12. The van der Waals surface area contributed by atoms with Crippen molar-refractivity contribution >= 4 is 29.0 Å². The third-order valence-corrected chi connectivity index (χ3v) is 4.38. The van der Waals surface area contributed by atoms with E-state index < -0.39 is 0 Å². The van der Waals surface area contributed by atoms with Crippen LogP contribution in [0.15, 0.2) is 48.5 Å². The van der Waals surface area contributed by atoms with Crippen LogP contribution in [0.1, 0.15) is 27.4 Å². The first-order valence-electron chi connectivity index (χ1n) is 8.74. The minimum Gasteiger partial charge on any atom is -0.497 e. The molecule has 0 aliphatic carbocycles. The minimum absolute atomic E-state index is 0.271. The lowest BCUT2D eigenvalue weighted by Crippen LogP contribution is -2.24. The van der Waals surface area contributed by atoms with E-state index in [1.165, 1.54) is 0 Å². The second-order valence-electron chi connectivity index (χ2n) is 6.30. The van der Waals surface area contributed by atoms with Crippen LogP contribution in [-0.4, -0.2) is 23.0 Å². The molecular formula is C21H21ClN4O2. The SMILES string of the molecule is COc1ccc(CNC(=O)c2cc(Nc3cc(Cl)ccc3C)nc(C)n2)cc1. The van der Waals surface area contributed by atoms with Crippen molar-refractivity contribution in [3.63, 3.8) is 0 Å². The zero-order valence-corrected chi connectivity index (χ0v) is 16.7. The summed E-state index contributed by atoms with van der Waals surface area (Å²) < 4.78 is 5.14. The van der Waals surface area contributed by atoms with Gasteiger partial charge in [-0.3, -0.25) is 4.79 Å². The number of ether oxygens (including phenoxy) is 1. The molecule has 0 atom stereocenters. The third kappa shape index (κ3) is 4.98. The van der Waals surface area contributed by atoms with Gasteiger partial charge in [0.1, 0.15) is 23.1 Å². The molecule has 7 heteroatoms. The number of benzene rings is 2. The number of carbonyl (C=O) groups is 1. The molecule has 3 rings (SSSR count). The lowest BCUT2D eigenvalue weighted by atomic mass is 10.2. The second-order valence-corrected chi connectivity index (χ2v) is 6.74. The lowest BCUT2D eigenvalue weighted by molar-refractivity contribution is 0.0945. The topological polar surface area (TPSA) is 76.1 Å². The number of rotatable bonds is 6. The van der Waals surface area contributed by atoms with E-state index in [2.05, 4.69) is 20.6 Å². The number of nitrogens with zero attached hydrogens (tertiary/aromatic N) is 2. The highest BCUT2D eigenvalue weighted by atomic mass is 35.5. The van der Waals surface area contributed by atoms with E-state index in [9.17, 15) is 4.79 Å². The van der Waals surface area contributed by atoms with Crippen LogP contribution in [-0.2, 0) is 6.54 Å². The third-order valence-electron chi connectivity index (χ3n) is 4.15. The standard InChI is InChI=1S/C21H21ClN4O2/c1-13-4-7-16(22)10-18(13)26-20-11-19(24-14(2)25-20)21(27)23-12-15-5-8-17(28-3)9-6-15/h4-11H,12H2,1-3H3,(H,23,27)(H,24,25,26). The van der Waals surface area contributed by atoms with Crippen LogP contribution in [0.4, 0.5) is 11.5 Å². The van der Waals surface area contributed by atoms with Gasteiger partial charge in [0.15, 0.2) is 0 Å². The number of halogens is 1. The average Bonchev–Trinajstić information content (AvgIpc) is 2.69. The van der Waals surface area contributed by atoms with Crippen LogP contribution in [0.5, 0.6) is 5.75 Å². The Bertz CT molecular complexity index is 990. The Kier molecular flexibility index (Phi) is 6.11. The van der Waals surface area contributed by atoms with E-state index in [1.54, 1.807) is 20.1 Å². The molecule has 0 saturated heterocycles. The zero-order valence-electron chi connectivity index (χ0n) is 15.9. The molecule has 0 bridgehead atoms. The molecule has 0 radical (unpaired) electrons. The highest BCUT2D eigenvalue weighted by Gasteiger charge is 2.11. The van der Waals surface area contributed by atoms with Crippen LogP contribution >= 0.6 is 11.6 Å². The Labute approximate surface area is 168 Å². The second kappa shape index (κ2) is 8.71. The number of nitrogens with one attached hydrogen (secondary N) is 2. The first kappa shape index (κ1) is 19.6. The highest BCUT2D eigenvalue weighted by molar-refractivity contribution is 6.30. The van der Waals surface area contributed by atoms with Crippen molar-refractivity contribution in [1.29, 1.82) is 0 Å². The molecule has 0 unspecified atom stereocenters. The van der Waals surface area contributed by atoms with Gasteiger partial charge < -0.3 is 15.4 Å². The number of carbonyl (C=O) groups excluding carboxylic acids is 1. The van der Waals surface area contributed by atoms with Gasteiger partial charge in [0.2, 0.25) is 0 Å². The van der Waals surface area contributed by atoms with E-state index in [1.807, 2.05) is 49.4 Å². The van der Waals surface area contributed by atoms with Gasteiger partial charge >= 0.3 is 0 Å². The average molecular weight is 397 g/mol. The van der Waals surface area contributed by atoms with E-state index >= 15 is 0 Å². The molecule has 1 aromatic heterocycles. The Morgan fingerprint density at radius 1 is 1.07 bits per heavy atom. The Morgan fingerprint density at radius 2 is 1.82 bits per heavy atom. The molecule has 0 spiro atoms. The summed E-state index contributed by atoms with van der Waals surface area (Å²) in [6.07, 6.45) is 0. The fourth-order valence-corrected chi connectivity index (χ4v) is 2.80. The number of aryl methyl sites for hydroxylation is 2. The van der Waals surface area contributed by atoms with Gasteiger partial charge in [0.25, 0.3) is 5.91 Å². The largest absolute Gasteiger partial charge is 0.497 e. The maximum Gasteiger partial charge on any atom is 0.270 e.